The van der Waals surface area contributed by atoms with Gasteiger partial charge in [0.2, 0.25) is 0 Å². The molecule has 0 aliphatic carbocycles. The second kappa shape index (κ2) is 9.59. The highest BCUT2D eigenvalue weighted by Gasteiger charge is 2.27. The Bertz CT molecular complexity index is 914. The van der Waals surface area contributed by atoms with Crippen LogP contribution in [0.25, 0.3) is 10.6 Å². The number of benzene rings is 1. The fourth-order valence-electron chi connectivity index (χ4n) is 3.94. The van der Waals surface area contributed by atoms with Gasteiger partial charge in [-0.1, -0.05) is 36.4 Å². The van der Waals surface area contributed by atoms with Crippen molar-refractivity contribution in [1.29, 1.82) is 0 Å². The zero-order chi connectivity index (χ0) is 20.1. The third kappa shape index (κ3) is 5.28. The normalized spacial score (nSPS) is 18.2. The number of rotatable bonds is 7. The minimum absolute atomic E-state index is 0.217. The predicted molar refractivity (Wildman–Crippen MR) is 118 cm³/mol. The largest absolute Gasteiger partial charge is 0.396 e. The van der Waals surface area contributed by atoms with Gasteiger partial charge >= 0.3 is 0 Å². The van der Waals surface area contributed by atoms with Crippen LogP contribution in [0.4, 0.5) is 0 Å². The van der Waals surface area contributed by atoms with E-state index >= 15 is 0 Å². The molecule has 0 amide bonds. The molecule has 6 heteroatoms. The molecule has 0 bridgehead atoms. The van der Waals surface area contributed by atoms with E-state index in [4.69, 9.17) is 0 Å². The topological polar surface area (TPSA) is 52.5 Å². The van der Waals surface area contributed by atoms with E-state index in [1.807, 2.05) is 25.3 Å². The Balaban J connectivity index is 1.39. The number of hydrogen-bond donors (Lipinski definition) is 1. The summed E-state index contributed by atoms with van der Waals surface area (Å²) in [4.78, 5) is 15.5. The summed E-state index contributed by atoms with van der Waals surface area (Å²) >= 11 is 1.77. The van der Waals surface area contributed by atoms with Crippen LogP contribution in [0.1, 0.15) is 22.7 Å². The molecule has 0 saturated carbocycles. The van der Waals surface area contributed by atoms with Gasteiger partial charge in [0, 0.05) is 67.7 Å². The minimum Gasteiger partial charge on any atom is -0.396 e. The quantitative estimate of drug-likeness (QED) is 0.648. The van der Waals surface area contributed by atoms with Crippen LogP contribution in [0.3, 0.4) is 0 Å². The van der Waals surface area contributed by atoms with Gasteiger partial charge in [-0.15, -0.1) is 11.3 Å². The Labute approximate surface area is 176 Å². The van der Waals surface area contributed by atoms with Crippen LogP contribution in [0.15, 0.2) is 54.7 Å². The van der Waals surface area contributed by atoms with E-state index in [2.05, 4.69) is 56.2 Å². The number of piperazine rings is 1. The maximum Gasteiger partial charge on any atom is 0.123 e. The molecule has 29 heavy (non-hydrogen) atoms. The van der Waals surface area contributed by atoms with E-state index in [0.717, 1.165) is 55.5 Å². The van der Waals surface area contributed by atoms with Gasteiger partial charge in [-0.05, 0) is 25.5 Å². The number of aliphatic hydroxyl groups excluding tert-OH is 1. The van der Waals surface area contributed by atoms with Crippen molar-refractivity contribution in [2.75, 3.05) is 26.2 Å². The van der Waals surface area contributed by atoms with Crippen LogP contribution >= 0.6 is 11.3 Å². The van der Waals surface area contributed by atoms with Gasteiger partial charge in [0.05, 0.1) is 5.69 Å². The average molecular weight is 409 g/mol. The Hall–Kier alpha value is -2.12. The molecule has 0 radical (unpaired) electrons. The van der Waals surface area contributed by atoms with E-state index in [0.29, 0.717) is 6.04 Å². The highest BCUT2D eigenvalue weighted by Crippen LogP contribution is 2.26. The van der Waals surface area contributed by atoms with Gasteiger partial charge in [0.25, 0.3) is 0 Å². The fourth-order valence-corrected chi connectivity index (χ4v) is 4.90. The van der Waals surface area contributed by atoms with Crippen LogP contribution in [-0.2, 0) is 13.1 Å². The van der Waals surface area contributed by atoms with Crippen molar-refractivity contribution in [3.8, 4) is 10.6 Å². The number of aliphatic hydroxyl groups is 1. The SMILES string of the molecule is Cc1cccc(CN2CCN(Cc3cnc(-c4ccccc4)s3)C[C@H]2CCO)n1. The van der Waals surface area contributed by atoms with Crippen molar-refractivity contribution in [3.05, 3.63) is 71.0 Å². The van der Waals surface area contributed by atoms with Gasteiger partial charge < -0.3 is 5.11 Å². The zero-order valence-electron chi connectivity index (χ0n) is 16.9. The number of aryl methyl sites for hydroxylation is 1. The molecule has 152 valence electrons. The van der Waals surface area contributed by atoms with Crippen molar-refractivity contribution in [1.82, 2.24) is 19.8 Å². The van der Waals surface area contributed by atoms with E-state index in [1.54, 1.807) is 11.3 Å². The lowest BCUT2D eigenvalue weighted by Crippen LogP contribution is -2.52. The molecule has 5 nitrogen and oxygen atoms in total. The summed E-state index contributed by atoms with van der Waals surface area (Å²) in [6.45, 7) is 6.99. The smallest absolute Gasteiger partial charge is 0.123 e. The number of nitrogens with zero attached hydrogens (tertiary/aromatic N) is 4. The second-order valence-electron chi connectivity index (χ2n) is 7.64. The Kier molecular flexibility index (Phi) is 6.67. The van der Waals surface area contributed by atoms with Crippen LogP contribution in [0, 0.1) is 6.92 Å². The first-order chi connectivity index (χ1) is 14.2. The second-order valence-corrected chi connectivity index (χ2v) is 8.75. The molecule has 1 atom stereocenters. The molecule has 1 fully saturated rings. The monoisotopic (exact) mass is 408 g/mol. The molecule has 1 aromatic carbocycles. The fraction of sp³-hybridized carbons (Fsp3) is 0.391. The number of aromatic nitrogens is 2. The molecule has 3 aromatic rings. The first kappa shape index (κ1) is 20.2. The molecule has 1 aliphatic heterocycles. The van der Waals surface area contributed by atoms with Crippen molar-refractivity contribution >= 4 is 11.3 Å². The standard InChI is InChI=1S/C23H28N4OS/c1-18-6-5-9-20(25-18)15-27-12-11-26(16-21(27)10-13-28)17-22-14-24-23(29-22)19-7-3-2-4-8-19/h2-9,14,21,28H,10-13,15-17H2,1H3/t21-/m1/s1. The zero-order valence-corrected chi connectivity index (χ0v) is 17.7. The van der Waals surface area contributed by atoms with Crippen molar-refractivity contribution < 1.29 is 5.11 Å². The summed E-state index contributed by atoms with van der Waals surface area (Å²) < 4.78 is 0. The molecule has 4 rings (SSSR count). The van der Waals surface area contributed by atoms with Crippen molar-refractivity contribution in [2.24, 2.45) is 0 Å². The van der Waals surface area contributed by atoms with Crippen molar-refractivity contribution in [3.63, 3.8) is 0 Å². The van der Waals surface area contributed by atoms with Crippen molar-refractivity contribution in [2.45, 2.75) is 32.5 Å². The summed E-state index contributed by atoms with van der Waals surface area (Å²) in [5.41, 5.74) is 3.34. The van der Waals surface area contributed by atoms with E-state index < -0.39 is 0 Å². The summed E-state index contributed by atoms with van der Waals surface area (Å²) in [5.74, 6) is 0. The van der Waals surface area contributed by atoms with Crippen LogP contribution in [0.5, 0.6) is 0 Å². The Morgan fingerprint density at radius 1 is 1.07 bits per heavy atom. The molecule has 1 saturated heterocycles. The lowest BCUT2D eigenvalue weighted by Gasteiger charge is -2.41. The van der Waals surface area contributed by atoms with Crippen LogP contribution in [0.2, 0.25) is 0 Å². The molecule has 1 aliphatic rings. The maximum absolute atomic E-state index is 9.58. The summed E-state index contributed by atoms with van der Waals surface area (Å²) in [6.07, 6.45) is 2.80. The van der Waals surface area contributed by atoms with Gasteiger partial charge in [0.1, 0.15) is 5.01 Å². The minimum atomic E-state index is 0.217. The molecule has 0 unspecified atom stereocenters. The molecule has 3 heterocycles. The first-order valence-electron chi connectivity index (χ1n) is 10.2. The Morgan fingerprint density at radius 2 is 1.93 bits per heavy atom. The van der Waals surface area contributed by atoms with E-state index in [9.17, 15) is 5.11 Å². The third-order valence-electron chi connectivity index (χ3n) is 5.42. The van der Waals surface area contributed by atoms with Gasteiger partial charge in [-0.2, -0.15) is 0 Å². The number of hydrogen-bond acceptors (Lipinski definition) is 6. The maximum atomic E-state index is 9.58. The first-order valence-corrected chi connectivity index (χ1v) is 11.0. The Morgan fingerprint density at radius 3 is 2.72 bits per heavy atom. The highest BCUT2D eigenvalue weighted by atomic mass is 32.1. The molecule has 2 aromatic heterocycles. The van der Waals surface area contributed by atoms with Crippen LogP contribution < -0.4 is 0 Å². The summed E-state index contributed by atoms with van der Waals surface area (Å²) in [6, 6.07) is 16.9. The summed E-state index contributed by atoms with van der Waals surface area (Å²) in [7, 11) is 0. The number of thiazole rings is 1. The molecule has 0 spiro atoms. The molecular formula is C23H28N4OS. The molecular weight excluding hydrogens is 380 g/mol. The van der Waals surface area contributed by atoms with E-state index in [1.165, 1.54) is 10.4 Å². The van der Waals surface area contributed by atoms with E-state index in [-0.39, 0.29) is 6.61 Å². The van der Waals surface area contributed by atoms with Gasteiger partial charge in [0.15, 0.2) is 0 Å². The third-order valence-corrected chi connectivity index (χ3v) is 6.45. The lowest BCUT2D eigenvalue weighted by atomic mass is 10.1. The highest BCUT2D eigenvalue weighted by molar-refractivity contribution is 7.15. The predicted octanol–water partition coefficient (Wildman–Crippen LogP) is 3.58. The lowest BCUT2D eigenvalue weighted by molar-refractivity contribution is 0.0496. The summed E-state index contributed by atoms with van der Waals surface area (Å²) in [5, 5.41) is 10.7. The van der Waals surface area contributed by atoms with Gasteiger partial charge in [-0.3, -0.25) is 14.8 Å². The molecule has 1 N–H and O–H groups in total. The van der Waals surface area contributed by atoms with Crippen LogP contribution in [-0.4, -0.2) is 57.2 Å². The number of pyridine rings is 1. The van der Waals surface area contributed by atoms with Gasteiger partial charge in [-0.25, -0.2) is 4.98 Å². The average Bonchev–Trinajstić information content (AvgIpc) is 3.19.